The van der Waals surface area contributed by atoms with E-state index >= 15 is 0 Å². The van der Waals surface area contributed by atoms with Gasteiger partial charge in [-0.25, -0.2) is 0 Å². The van der Waals surface area contributed by atoms with Crippen LogP contribution in [0, 0.1) is 5.92 Å². The lowest BCUT2D eigenvalue weighted by molar-refractivity contribution is -0.137. The first kappa shape index (κ1) is 20.5. The number of amides is 2. The Morgan fingerprint density at radius 1 is 1.11 bits per heavy atom. The first-order chi connectivity index (χ1) is 12.9. The quantitative estimate of drug-likeness (QED) is 0.665. The predicted molar refractivity (Wildman–Crippen MR) is 98.1 cm³/mol. The zero-order chi connectivity index (χ0) is 19.8. The summed E-state index contributed by atoms with van der Waals surface area (Å²) in [7, 11) is 3.06. The third-order valence-corrected chi connectivity index (χ3v) is 4.62. The average Bonchev–Trinajstić information content (AvgIpc) is 2.69. The van der Waals surface area contributed by atoms with Crippen LogP contribution < -0.4 is 14.8 Å². The molecular formula is C19H26N2O6. The van der Waals surface area contributed by atoms with Crippen molar-refractivity contribution in [2.45, 2.75) is 25.7 Å². The van der Waals surface area contributed by atoms with Crippen molar-refractivity contribution < 1.29 is 29.0 Å². The zero-order valence-electron chi connectivity index (χ0n) is 15.7. The Morgan fingerprint density at radius 3 is 2.22 bits per heavy atom. The highest BCUT2D eigenvalue weighted by atomic mass is 16.5. The molecule has 0 aliphatic carbocycles. The Morgan fingerprint density at radius 2 is 1.70 bits per heavy atom. The van der Waals surface area contributed by atoms with Crippen molar-refractivity contribution >= 4 is 17.8 Å². The number of carbonyl (C=O) groups excluding carboxylic acids is 2. The smallest absolute Gasteiger partial charge is 0.303 e. The van der Waals surface area contributed by atoms with Crippen LogP contribution in [0.3, 0.4) is 0 Å². The summed E-state index contributed by atoms with van der Waals surface area (Å²) in [5, 5.41) is 11.4. The summed E-state index contributed by atoms with van der Waals surface area (Å²) in [6, 6.07) is 5.05. The average molecular weight is 378 g/mol. The highest BCUT2D eigenvalue weighted by molar-refractivity contribution is 5.95. The summed E-state index contributed by atoms with van der Waals surface area (Å²) >= 11 is 0. The second-order valence-electron chi connectivity index (χ2n) is 6.46. The lowest BCUT2D eigenvalue weighted by atomic mass is 9.95. The third-order valence-electron chi connectivity index (χ3n) is 4.62. The topological polar surface area (TPSA) is 105 Å². The molecule has 27 heavy (non-hydrogen) atoms. The maximum Gasteiger partial charge on any atom is 0.303 e. The van der Waals surface area contributed by atoms with Gasteiger partial charge < -0.3 is 24.8 Å². The van der Waals surface area contributed by atoms with Crippen molar-refractivity contribution in [2.24, 2.45) is 5.92 Å². The molecule has 2 N–H and O–H groups in total. The molecule has 1 aliphatic heterocycles. The molecule has 8 heteroatoms. The highest BCUT2D eigenvalue weighted by Gasteiger charge is 2.28. The summed E-state index contributed by atoms with van der Waals surface area (Å²) in [6.07, 6.45) is 1.61. The summed E-state index contributed by atoms with van der Waals surface area (Å²) in [6.45, 7) is 1.34. The van der Waals surface area contributed by atoms with Crippen LogP contribution in [0.1, 0.15) is 36.0 Å². The Balaban J connectivity index is 1.87. The van der Waals surface area contributed by atoms with Crippen LogP contribution in [0.15, 0.2) is 18.2 Å². The van der Waals surface area contributed by atoms with Crippen molar-refractivity contribution in [3.8, 4) is 11.5 Å². The number of carbonyl (C=O) groups is 3. The second-order valence-corrected chi connectivity index (χ2v) is 6.46. The van der Waals surface area contributed by atoms with Gasteiger partial charge in [-0.1, -0.05) is 0 Å². The van der Waals surface area contributed by atoms with E-state index in [9.17, 15) is 14.4 Å². The van der Waals surface area contributed by atoms with Crippen LogP contribution in [0.5, 0.6) is 11.5 Å². The van der Waals surface area contributed by atoms with Gasteiger partial charge in [0, 0.05) is 43.6 Å². The fourth-order valence-corrected chi connectivity index (χ4v) is 3.05. The van der Waals surface area contributed by atoms with E-state index in [1.54, 1.807) is 23.1 Å². The molecule has 148 valence electrons. The molecule has 0 bridgehead atoms. The molecule has 1 saturated heterocycles. The minimum atomic E-state index is -0.870. The fourth-order valence-electron chi connectivity index (χ4n) is 3.05. The molecule has 2 amide bonds. The van der Waals surface area contributed by atoms with Crippen LogP contribution in [0.2, 0.25) is 0 Å². The number of nitrogens with one attached hydrogen (secondary N) is 1. The van der Waals surface area contributed by atoms with Gasteiger partial charge in [0.05, 0.1) is 14.2 Å². The minimum absolute atomic E-state index is 0.0389. The Kier molecular flexibility index (Phi) is 7.45. The van der Waals surface area contributed by atoms with E-state index in [4.69, 9.17) is 14.6 Å². The largest absolute Gasteiger partial charge is 0.497 e. The molecule has 2 rings (SSSR count). The molecule has 0 atom stereocenters. The monoisotopic (exact) mass is 378 g/mol. The Bertz CT molecular complexity index is 661. The van der Waals surface area contributed by atoms with Crippen LogP contribution >= 0.6 is 0 Å². The van der Waals surface area contributed by atoms with Crippen molar-refractivity contribution in [3.63, 3.8) is 0 Å². The molecule has 0 spiro atoms. The maximum absolute atomic E-state index is 12.7. The Hall–Kier alpha value is -2.77. The number of carboxylic acids is 1. The number of likely N-dealkylation sites (tertiary alicyclic amines) is 1. The normalized spacial score (nSPS) is 14.5. The summed E-state index contributed by atoms with van der Waals surface area (Å²) in [5.74, 6) is -0.117. The first-order valence-corrected chi connectivity index (χ1v) is 8.96. The zero-order valence-corrected chi connectivity index (χ0v) is 15.7. The number of hydrogen-bond acceptors (Lipinski definition) is 5. The highest BCUT2D eigenvalue weighted by Crippen LogP contribution is 2.25. The minimum Gasteiger partial charge on any atom is -0.497 e. The van der Waals surface area contributed by atoms with Gasteiger partial charge in [0.25, 0.3) is 5.91 Å². The molecule has 1 aromatic rings. The molecule has 0 radical (unpaired) electrons. The van der Waals surface area contributed by atoms with E-state index in [-0.39, 0.29) is 24.2 Å². The predicted octanol–water partition coefficient (Wildman–Crippen LogP) is 1.54. The third kappa shape index (κ3) is 5.87. The molecule has 1 fully saturated rings. The standard InChI is InChI=1S/C19H26N2O6/c1-26-15-10-14(11-16(12-15)27-2)19(25)21-8-5-13(6-9-21)18(24)20-7-3-4-17(22)23/h10-13H,3-9H2,1-2H3,(H,20,24)(H,22,23). The molecule has 8 nitrogen and oxygen atoms in total. The van der Waals surface area contributed by atoms with Crippen LogP contribution in [0.25, 0.3) is 0 Å². The fraction of sp³-hybridized carbons (Fsp3) is 0.526. The van der Waals surface area contributed by atoms with Crippen molar-refractivity contribution in [1.82, 2.24) is 10.2 Å². The number of benzene rings is 1. The number of aliphatic carboxylic acids is 1. The molecule has 1 heterocycles. The van der Waals surface area contributed by atoms with Crippen LogP contribution in [-0.2, 0) is 9.59 Å². The van der Waals surface area contributed by atoms with Gasteiger partial charge in [0.1, 0.15) is 11.5 Å². The number of nitrogens with zero attached hydrogens (tertiary/aromatic N) is 1. The number of rotatable bonds is 8. The van der Waals surface area contributed by atoms with E-state index < -0.39 is 5.97 Å². The molecule has 0 aromatic heterocycles. The first-order valence-electron chi connectivity index (χ1n) is 8.96. The van der Waals surface area contributed by atoms with Crippen molar-refractivity contribution in [1.29, 1.82) is 0 Å². The summed E-state index contributed by atoms with van der Waals surface area (Å²) < 4.78 is 10.4. The van der Waals surface area contributed by atoms with E-state index in [1.165, 1.54) is 14.2 Å². The van der Waals surface area contributed by atoms with E-state index in [0.29, 0.717) is 56.0 Å². The Labute approximate surface area is 158 Å². The summed E-state index contributed by atoms with van der Waals surface area (Å²) in [5.41, 5.74) is 0.489. The second kappa shape index (κ2) is 9.80. The molecule has 1 aliphatic rings. The number of hydrogen-bond donors (Lipinski definition) is 2. The number of methoxy groups -OCH3 is 2. The van der Waals surface area contributed by atoms with E-state index in [2.05, 4.69) is 5.32 Å². The number of piperidine rings is 1. The SMILES string of the molecule is COc1cc(OC)cc(C(=O)N2CCC(C(=O)NCCCC(=O)O)CC2)c1. The van der Waals surface area contributed by atoms with Gasteiger partial charge in [-0.05, 0) is 31.4 Å². The van der Waals surface area contributed by atoms with E-state index in [0.717, 1.165) is 0 Å². The van der Waals surface area contributed by atoms with Gasteiger partial charge in [-0.15, -0.1) is 0 Å². The molecule has 0 unspecified atom stereocenters. The lowest BCUT2D eigenvalue weighted by Gasteiger charge is -2.31. The molecule has 1 aromatic carbocycles. The van der Waals surface area contributed by atoms with Crippen molar-refractivity contribution in [3.05, 3.63) is 23.8 Å². The van der Waals surface area contributed by atoms with Gasteiger partial charge in [-0.2, -0.15) is 0 Å². The van der Waals surface area contributed by atoms with Crippen LogP contribution in [0.4, 0.5) is 0 Å². The number of ether oxygens (including phenoxy) is 2. The van der Waals surface area contributed by atoms with Gasteiger partial charge >= 0.3 is 5.97 Å². The van der Waals surface area contributed by atoms with Gasteiger partial charge in [-0.3, -0.25) is 14.4 Å². The van der Waals surface area contributed by atoms with Crippen LogP contribution in [-0.4, -0.2) is 61.6 Å². The number of carboxylic acid groups (broad SMARTS) is 1. The summed E-state index contributed by atoms with van der Waals surface area (Å²) in [4.78, 5) is 37.1. The van der Waals surface area contributed by atoms with E-state index in [1.807, 2.05) is 0 Å². The van der Waals surface area contributed by atoms with Crippen molar-refractivity contribution in [2.75, 3.05) is 33.9 Å². The van der Waals surface area contributed by atoms with Gasteiger partial charge in [0.15, 0.2) is 0 Å². The molecule has 0 saturated carbocycles. The van der Waals surface area contributed by atoms with Gasteiger partial charge in [0.2, 0.25) is 5.91 Å². The molecular weight excluding hydrogens is 352 g/mol. The lowest BCUT2D eigenvalue weighted by Crippen LogP contribution is -2.43. The maximum atomic E-state index is 12.7.